The van der Waals surface area contributed by atoms with Gasteiger partial charge < -0.3 is 25.7 Å². The number of nitrogens with one attached hydrogen (secondary N) is 1. The number of carboxylic acids is 2. The molecule has 27 heavy (non-hydrogen) atoms. The van der Waals surface area contributed by atoms with Crippen LogP contribution in [0.5, 0.6) is 0 Å². The van der Waals surface area contributed by atoms with E-state index in [2.05, 4.69) is 9.88 Å². The zero-order chi connectivity index (χ0) is 19.6. The predicted octanol–water partition coefficient (Wildman–Crippen LogP) is 0.853. The number of aromatic amines is 1. The molecule has 2 heterocycles. The van der Waals surface area contributed by atoms with Gasteiger partial charge in [-0.3, -0.25) is 9.69 Å². The summed E-state index contributed by atoms with van der Waals surface area (Å²) >= 11 is 0. The Kier molecular flexibility index (Phi) is 5.24. The molecular formula is C18H19N3O6. The van der Waals surface area contributed by atoms with Crippen LogP contribution in [0, 0.1) is 0 Å². The topological polar surface area (TPSA) is 146 Å². The highest BCUT2D eigenvalue weighted by atomic mass is 16.5. The van der Waals surface area contributed by atoms with Crippen LogP contribution in [0.15, 0.2) is 29.1 Å². The number of benzene rings is 1. The highest BCUT2D eigenvalue weighted by Crippen LogP contribution is 2.30. The molecule has 9 heteroatoms. The minimum absolute atomic E-state index is 0.194. The summed E-state index contributed by atoms with van der Waals surface area (Å²) in [6.45, 7) is 3.40. The van der Waals surface area contributed by atoms with E-state index in [0.717, 1.165) is 18.7 Å². The van der Waals surface area contributed by atoms with Gasteiger partial charge in [0, 0.05) is 25.2 Å². The van der Waals surface area contributed by atoms with E-state index in [0.29, 0.717) is 25.3 Å². The largest absolute Gasteiger partial charge is 0.478 e. The van der Waals surface area contributed by atoms with Gasteiger partial charge in [-0.2, -0.15) is 0 Å². The van der Waals surface area contributed by atoms with E-state index in [4.69, 9.17) is 10.5 Å². The summed E-state index contributed by atoms with van der Waals surface area (Å²) in [5, 5.41) is 19.0. The minimum Gasteiger partial charge on any atom is -0.478 e. The Morgan fingerprint density at radius 1 is 1.15 bits per heavy atom. The Morgan fingerprint density at radius 3 is 2.44 bits per heavy atom. The van der Waals surface area contributed by atoms with E-state index in [1.54, 1.807) is 18.2 Å². The Morgan fingerprint density at radius 2 is 1.81 bits per heavy atom. The van der Waals surface area contributed by atoms with Crippen molar-refractivity contribution in [1.82, 2.24) is 9.88 Å². The van der Waals surface area contributed by atoms with Gasteiger partial charge in [-0.05, 0) is 17.2 Å². The summed E-state index contributed by atoms with van der Waals surface area (Å²) in [6, 6.07) is 6.80. The SMILES string of the molecule is Nc1[nH]c(=O)c(C(=O)O)c(-c2cccc(CN3CCOCC3)c2)c1C(=O)O. The van der Waals surface area contributed by atoms with E-state index in [-0.39, 0.29) is 11.4 Å². The normalized spacial score (nSPS) is 14.8. The molecule has 1 aromatic heterocycles. The van der Waals surface area contributed by atoms with Crippen molar-refractivity contribution in [2.75, 3.05) is 32.0 Å². The Labute approximate surface area is 154 Å². The second-order valence-electron chi connectivity index (χ2n) is 6.19. The molecule has 1 saturated heterocycles. The lowest BCUT2D eigenvalue weighted by molar-refractivity contribution is 0.0342. The number of anilines is 1. The molecular weight excluding hydrogens is 354 g/mol. The van der Waals surface area contributed by atoms with Crippen LogP contribution in [0.1, 0.15) is 26.3 Å². The van der Waals surface area contributed by atoms with Gasteiger partial charge in [-0.25, -0.2) is 9.59 Å². The van der Waals surface area contributed by atoms with E-state index in [9.17, 15) is 24.6 Å². The highest BCUT2D eigenvalue weighted by Gasteiger charge is 2.26. The monoisotopic (exact) mass is 373 g/mol. The van der Waals surface area contributed by atoms with Crippen molar-refractivity contribution in [3.63, 3.8) is 0 Å². The number of nitrogen functional groups attached to an aromatic ring is 1. The maximum absolute atomic E-state index is 12.1. The number of H-pyrrole nitrogens is 1. The van der Waals surface area contributed by atoms with Gasteiger partial charge in [-0.15, -0.1) is 0 Å². The molecule has 0 spiro atoms. The van der Waals surface area contributed by atoms with Gasteiger partial charge in [0.15, 0.2) is 0 Å². The molecule has 0 amide bonds. The molecule has 3 rings (SSSR count). The summed E-state index contributed by atoms with van der Waals surface area (Å²) in [6.07, 6.45) is 0. The number of hydrogen-bond donors (Lipinski definition) is 4. The lowest BCUT2D eigenvalue weighted by atomic mass is 9.94. The van der Waals surface area contributed by atoms with Crippen molar-refractivity contribution in [3.05, 3.63) is 51.3 Å². The van der Waals surface area contributed by atoms with Gasteiger partial charge in [0.25, 0.3) is 5.56 Å². The van der Waals surface area contributed by atoms with Crippen molar-refractivity contribution in [3.8, 4) is 11.1 Å². The van der Waals surface area contributed by atoms with Crippen LogP contribution < -0.4 is 11.3 Å². The van der Waals surface area contributed by atoms with Crippen molar-refractivity contribution in [2.45, 2.75) is 6.54 Å². The third-order valence-corrected chi connectivity index (χ3v) is 4.40. The number of nitrogens with two attached hydrogens (primary N) is 1. The average molecular weight is 373 g/mol. The maximum atomic E-state index is 12.1. The van der Waals surface area contributed by atoms with Gasteiger partial charge >= 0.3 is 11.9 Å². The van der Waals surface area contributed by atoms with Crippen LogP contribution >= 0.6 is 0 Å². The van der Waals surface area contributed by atoms with Crippen molar-refractivity contribution in [2.24, 2.45) is 0 Å². The molecule has 1 fully saturated rings. The van der Waals surface area contributed by atoms with Crippen molar-refractivity contribution in [1.29, 1.82) is 0 Å². The number of aromatic carboxylic acids is 2. The number of aromatic nitrogens is 1. The van der Waals surface area contributed by atoms with E-state index in [1.165, 1.54) is 0 Å². The van der Waals surface area contributed by atoms with Crippen LogP contribution in [-0.2, 0) is 11.3 Å². The summed E-state index contributed by atoms with van der Waals surface area (Å²) in [5.74, 6) is -3.32. The molecule has 0 unspecified atom stereocenters. The number of ether oxygens (including phenoxy) is 1. The number of hydrogen-bond acceptors (Lipinski definition) is 6. The predicted molar refractivity (Wildman–Crippen MR) is 96.9 cm³/mol. The fraction of sp³-hybridized carbons (Fsp3) is 0.278. The zero-order valence-electron chi connectivity index (χ0n) is 14.4. The molecule has 1 aliphatic rings. The molecule has 2 aromatic rings. The lowest BCUT2D eigenvalue weighted by Crippen LogP contribution is -2.35. The summed E-state index contributed by atoms with van der Waals surface area (Å²) in [7, 11) is 0. The number of nitrogens with zero attached hydrogens (tertiary/aromatic N) is 1. The molecule has 0 aliphatic carbocycles. The van der Waals surface area contributed by atoms with Crippen LogP contribution in [0.3, 0.4) is 0 Å². The minimum atomic E-state index is -1.52. The van der Waals surface area contributed by atoms with Crippen LogP contribution in [-0.4, -0.2) is 58.3 Å². The summed E-state index contributed by atoms with van der Waals surface area (Å²) in [4.78, 5) is 39.7. The van der Waals surface area contributed by atoms with Gasteiger partial charge in [0.05, 0.1) is 13.2 Å². The fourth-order valence-electron chi connectivity index (χ4n) is 3.18. The van der Waals surface area contributed by atoms with Gasteiger partial charge in [-0.1, -0.05) is 18.2 Å². The molecule has 1 aliphatic heterocycles. The second-order valence-corrected chi connectivity index (χ2v) is 6.19. The molecule has 1 aromatic carbocycles. The first-order valence-corrected chi connectivity index (χ1v) is 8.30. The first-order chi connectivity index (χ1) is 12.9. The smallest absolute Gasteiger partial charge is 0.342 e. The molecule has 142 valence electrons. The van der Waals surface area contributed by atoms with Crippen molar-refractivity contribution < 1.29 is 24.5 Å². The first kappa shape index (κ1) is 18.6. The summed E-state index contributed by atoms with van der Waals surface area (Å²) in [5.41, 5.74) is 4.62. The molecule has 9 nitrogen and oxygen atoms in total. The van der Waals surface area contributed by atoms with E-state index < -0.39 is 28.6 Å². The molecule has 0 saturated carbocycles. The first-order valence-electron chi connectivity index (χ1n) is 8.30. The standard InChI is InChI=1S/C18H19N3O6/c19-15-13(17(23)24)12(14(18(25)26)16(22)20-15)11-3-1-2-10(8-11)9-21-4-6-27-7-5-21/h1-3,8H,4-7,9H2,(H,23,24)(H,25,26)(H3,19,20,22). The fourth-order valence-corrected chi connectivity index (χ4v) is 3.18. The quantitative estimate of drug-likeness (QED) is 0.603. The number of morpholine rings is 1. The molecule has 0 bridgehead atoms. The number of carbonyl (C=O) groups is 2. The van der Waals surface area contributed by atoms with E-state index >= 15 is 0 Å². The average Bonchev–Trinajstić information content (AvgIpc) is 2.61. The third-order valence-electron chi connectivity index (χ3n) is 4.40. The highest BCUT2D eigenvalue weighted by molar-refractivity contribution is 6.07. The number of pyridine rings is 1. The Balaban J connectivity index is 2.12. The van der Waals surface area contributed by atoms with Crippen molar-refractivity contribution >= 4 is 17.8 Å². The maximum Gasteiger partial charge on any atom is 0.342 e. The van der Waals surface area contributed by atoms with Crippen LogP contribution in [0.25, 0.3) is 11.1 Å². The Hall–Kier alpha value is -3.17. The summed E-state index contributed by atoms with van der Waals surface area (Å²) < 4.78 is 5.32. The Bertz CT molecular complexity index is 947. The van der Waals surface area contributed by atoms with Gasteiger partial charge in [0.1, 0.15) is 16.9 Å². The lowest BCUT2D eigenvalue weighted by Gasteiger charge is -2.26. The molecule has 5 N–H and O–H groups in total. The molecule has 0 atom stereocenters. The molecule has 0 radical (unpaired) electrons. The number of carboxylic acid groups (broad SMARTS) is 2. The number of rotatable bonds is 5. The second kappa shape index (κ2) is 7.60. The zero-order valence-corrected chi connectivity index (χ0v) is 14.4. The van der Waals surface area contributed by atoms with Gasteiger partial charge in [0.2, 0.25) is 0 Å². The van der Waals surface area contributed by atoms with Crippen LogP contribution in [0.2, 0.25) is 0 Å². The van der Waals surface area contributed by atoms with Crippen LogP contribution in [0.4, 0.5) is 5.82 Å². The van der Waals surface area contributed by atoms with E-state index in [1.807, 2.05) is 6.07 Å². The third kappa shape index (κ3) is 3.83.